The lowest BCUT2D eigenvalue weighted by Crippen LogP contribution is -2.35. The van der Waals surface area contributed by atoms with Gasteiger partial charge in [-0.15, -0.1) is 0 Å². The minimum Gasteiger partial charge on any atom is -0.469 e. The number of unbranched alkanes of at least 4 members (excludes halogenated alkanes) is 3. The Bertz CT molecular complexity index is 823. The number of hydrogen-bond acceptors (Lipinski definition) is 5. The van der Waals surface area contributed by atoms with E-state index in [2.05, 4.69) is 33.9 Å². The number of ether oxygens (including phenoxy) is 2. The first-order valence-electron chi connectivity index (χ1n) is 11.3. The maximum atomic E-state index is 12.4. The average Bonchev–Trinajstić information content (AvgIpc) is 2.82. The van der Waals surface area contributed by atoms with Crippen LogP contribution in [0.5, 0.6) is 0 Å². The molecule has 3 rings (SSSR count). The molecule has 0 unspecified atom stereocenters. The van der Waals surface area contributed by atoms with Crippen molar-refractivity contribution in [1.29, 1.82) is 0 Å². The van der Waals surface area contributed by atoms with Crippen LogP contribution in [0.25, 0.3) is 11.1 Å². The van der Waals surface area contributed by atoms with Gasteiger partial charge in [-0.2, -0.15) is 0 Å². The summed E-state index contributed by atoms with van der Waals surface area (Å²) in [6, 6.07) is 16.6. The predicted molar refractivity (Wildman–Crippen MR) is 122 cm³/mol. The summed E-state index contributed by atoms with van der Waals surface area (Å²) < 4.78 is 10.0. The summed E-state index contributed by atoms with van der Waals surface area (Å²) in [7, 11) is 1.41. The van der Waals surface area contributed by atoms with Gasteiger partial charge in [0.25, 0.3) is 0 Å². The largest absolute Gasteiger partial charge is 0.469 e. The van der Waals surface area contributed by atoms with Gasteiger partial charge in [0.2, 0.25) is 0 Å². The summed E-state index contributed by atoms with van der Waals surface area (Å²) in [6.45, 7) is 4.58. The van der Waals surface area contributed by atoms with E-state index in [1.165, 1.54) is 12.7 Å². The number of rotatable bonds is 11. The Balaban J connectivity index is 1.43. The number of hydrogen-bond donors (Lipinski definition) is 0. The smallest absolute Gasteiger partial charge is 0.305 e. The molecule has 0 saturated carbocycles. The van der Waals surface area contributed by atoms with Crippen LogP contribution in [0.4, 0.5) is 0 Å². The quantitative estimate of drug-likeness (QED) is 0.293. The van der Waals surface area contributed by atoms with E-state index in [-0.39, 0.29) is 11.8 Å². The molecule has 5 heteroatoms. The molecule has 0 radical (unpaired) electrons. The van der Waals surface area contributed by atoms with Crippen LogP contribution in [0.15, 0.2) is 48.5 Å². The Hall–Kier alpha value is -2.50. The molecule has 2 aromatic carbocycles. The second-order valence-electron chi connectivity index (χ2n) is 8.08. The van der Waals surface area contributed by atoms with Gasteiger partial charge in [0.1, 0.15) is 0 Å². The van der Waals surface area contributed by atoms with Crippen molar-refractivity contribution in [2.24, 2.45) is 0 Å². The van der Waals surface area contributed by atoms with Gasteiger partial charge in [-0.25, -0.2) is 0 Å². The van der Waals surface area contributed by atoms with Gasteiger partial charge in [0.05, 0.1) is 20.3 Å². The van der Waals surface area contributed by atoms with E-state index in [1.54, 1.807) is 0 Å². The van der Waals surface area contributed by atoms with Gasteiger partial charge in [-0.1, -0.05) is 61.4 Å². The SMILES string of the molecule is COC(=O)CCCCCCC(=O)c1ccc(-c2ccc(CN3CCOCC3)cc2)cc1. The third-order valence-electron chi connectivity index (χ3n) is 5.77. The highest BCUT2D eigenvalue weighted by atomic mass is 16.5. The first kappa shape index (κ1) is 23.2. The van der Waals surface area contributed by atoms with Crippen molar-refractivity contribution in [1.82, 2.24) is 4.90 Å². The molecule has 0 spiro atoms. The van der Waals surface area contributed by atoms with Crippen LogP contribution in [-0.4, -0.2) is 50.1 Å². The van der Waals surface area contributed by atoms with Crippen LogP contribution in [0.3, 0.4) is 0 Å². The van der Waals surface area contributed by atoms with E-state index in [9.17, 15) is 9.59 Å². The molecule has 0 aromatic heterocycles. The number of morpholine rings is 1. The molecule has 0 atom stereocenters. The van der Waals surface area contributed by atoms with E-state index in [4.69, 9.17) is 4.74 Å². The van der Waals surface area contributed by atoms with Crippen LogP contribution in [-0.2, 0) is 20.8 Å². The summed E-state index contributed by atoms with van der Waals surface area (Å²) in [4.78, 5) is 25.9. The van der Waals surface area contributed by atoms with E-state index in [1.807, 2.05) is 24.3 Å². The fourth-order valence-electron chi connectivity index (χ4n) is 3.82. The Morgan fingerprint density at radius 2 is 1.42 bits per heavy atom. The lowest BCUT2D eigenvalue weighted by molar-refractivity contribution is -0.140. The van der Waals surface area contributed by atoms with Crippen LogP contribution in [0, 0.1) is 0 Å². The highest BCUT2D eigenvalue weighted by molar-refractivity contribution is 5.96. The summed E-state index contributed by atoms with van der Waals surface area (Å²) in [6.07, 6.45) is 4.58. The summed E-state index contributed by atoms with van der Waals surface area (Å²) in [5.41, 5.74) is 4.36. The predicted octanol–water partition coefficient (Wildman–Crippen LogP) is 4.88. The van der Waals surface area contributed by atoms with Gasteiger partial charge in [-0.05, 0) is 29.5 Å². The average molecular weight is 424 g/mol. The standard InChI is InChI=1S/C26H33NO4/c1-30-26(29)7-5-3-2-4-6-25(28)24-14-12-23(13-15-24)22-10-8-21(9-11-22)20-27-16-18-31-19-17-27/h8-15H,2-7,16-20H2,1H3. The molecule has 1 aliphatic rings. The summed E-state index contributed by atoms with van der Waals surface area (Å²) >= 11 is 0. The fourth-order valence-corrected chi connectivity index (χ4v) is 3.82. The minimum absolute atomic E-state index is 0.164. The van der Waals surface area contributed by atoms with Gasteiger partial charge in [-0.3, -0.25) is 14.5 Å². The molecule has 31 heavy (non-hydrogen) atoms. The topological polar surface area (TPSA) is 55.8 Å². The molecular formula is C26H33NO4. The van der Waals surface area contributed by atoms with Crippen molar-refractivity contribution >= 4 is 11.8 Å². The van der Waals surface area contributed by atoms with Crippen molar-refractivity contribution in [2.45, 2.75) is 45.1 Å². The fraction of sp³-hybridized carbons (Fsp3) is 0.462. The van der Waals surface area contributed by atoms with Crippen molar-refractivity contribution in [2.75, 3.05) is 33.4 Å². The molecule has 1 heterocycles. The van der Waals surface area contributed by atoms with Crippen molar-refractivity contribution in [3.63, 3.8) is 0 Å². The molecule has 1 fully saturated rings. The number of nitrogens with zero attached hydrogens (tertiary/aromatic N) is 1. The Labute approximate surface area is 185 Å². The van der Waals surface area contributed by atoms with Crippen LogP contribution in [0.2, 0.25) is 0 Å². The molecule has 5 nitrogen and oxygen atoms in total. The van der Waals surface area contributed by atoms with E-state index in [0.717, 1.165) is 75.2 Å². The normalized spacial score (nSPS) is 14.4. The van der Waals surface area contributed by atoms with Gasteiger partial charge >= 0.3 is 5.97 Å². The second kappa shape index (κ2) is 12.4. The molecule has 0 aliphatic carbocycles. The third-order valence-corrected chi connectivity index (χ3v) is 5.77. The minimum atomic E-state index is -0.164. The maximum absolute atomic E-state index is 12.4. The molecule has 0 amide bonds. The highest BCUT2D eigenvalue weighted by Gasteiger charge is 2.11. The molecule has 1 aliphatic heterocycles. The van der Waals surface area contributed by atoms with Crippen molar-refractivity contribution in [3.8, 4) is 11.1 Å². The van der Waals surface area contributed by atoms with E-state index >= 15 is 0 Å². The number of methoxy groups -OCH3 is 1. The summed E-state index contributed by atoms with van der Waals surface area (Å²) in [5.74, 6) is 0.0169. The van der Waals surface area contributed by atoms with Gasteiger partial charge in [0, 0.05) is 38.0 Å². The monoisotopic (exact) mass is 423 g/mol. The number of esters is 1. The Kier molecular flexibility index (Phi) is 9.25. The van der Waals surface area contributed by atoms with Crippen LogP contribution >= 0.6 is 0 Å². The van der Waals surface area contributed by atoms with Gasteiger partial charge < -0.3 is 9.47 Å². The first-order valence-corrected chi connectivity index (χ1v) is 11.3. The molecule has 2 aromatic rings. The van der Waals surface area contributed by atoms with Crippen molar-refractivity contribution in [3.05, 3.63) is 59.7 Å². The van der Waals surface area contributed by atoms with Crippen molar-refractivity contribution < 1.29 is 19.1 Å². The number of carbonyl (C=O) groups is 2. The number of benzene rings is 2. The number of Topliss-reactive ketones (excluding diaryl/α,β-unsaturated/α-hetero) is 1. The lowest BCUT2D eigenvalue weighted by Gasteiger charge is -2.26. The van der Waals surface area contributed by atoms with Crippen LogP contribution in [0.1, 0.15) is 54.4 Å². The molecule has 0 N–H and O–H groups in total. The summed E-state index contributed by atoms with van der Waals surface area (Å²) in [5, 5.41) is 0. The van der Waals surface area contributed by atoms with E-state index < -0.39 is 0 Å². The molecule has 1 saturated heterocycles. The first-order chi connectivity index (χ1) is 15.2. The van der Waals surface area contributed by atoms with E-state index in [0.29, 0.717) is 12.8 Å². The van der Waals surface area contributed by atoms with Crippen LogP contribution < -0.4 is 0 Å². The Morgan fingerprint density at radius 3 is 2.03 bits per heavy atom. The molecular weight excluding hydrogens is 390 g/mol. The number of ketones is 1. The zero-order chi connectivity index (χ0) is 21.9. The number of carbonyl (C=O) groups excluding carboxylic acids is 2. The third kappa shape index (κ3) is 7.60. The zero-order valence-electron chi connectivity index (χ0n) is 18.5. The molecule has 0 bridgehead atoms. The lowest BCUT2D eigenvalue weighted by atomic mass is 9.99. The van der Waals surface area contributed by atoms with Gasteiger partial charge in [0.15, 0.2) is 5.78 Å². The molecule has 166 valence electrons. The maximum Gasteiger partial charge on any atom is 0.305 e. The second-order valence-corrected chi connectivity index (χ2v) is 8.08. The Morgan fingerprint density at radius 1 is 0.839 bits per heavy atom. The zero-order valence-corrected chi connectivity index (χ0v) is 18.5. The highest BCUT2D eigenvalue weighted by Crippen LogP contribution is 2.22.